The summed E-state index contributed by atoms with van der Waals surface area (Å²) in [6.07, 6.45) is 4.64. The molecule has 2 heterocycles. The molecule has 2 unspecified atom stereocenters. The Bertz CT molecular complexity index is 539. The third kappa shape index (κ3) is 3.86. The minimum absolute atomic E-state index is 0.0161. The lowest BCUT2D eigenvalue weighted by molar-refractivity contribution is 0.129. The molecule has 1 aromatic heterocycles. The molecule has 0 spiro atoms. The van der Waals surface area contributed by atoms with Crippen LogP contribution < -0.4 is 5.32 Å². The van der Waals surface area contributed by atoms with E-state index >= 15 is 0 Å². The molecule has 2 amide bonds. The largest absolute Gasteiger partial charge is 0.396 e. The molecular formula is C17H30N4O2. The maximum atomic E-state index is 12.8. The van der Waals surface area contributed by atoms with Crippen LogP contribution in [0.15, 0.2) is 0 Å². The first-order chi connectivity index (χ1) is 11.0. The minimum atomic E-state index is -0.0205. The molecule has 1 fully saturated rings. The fourth-order valence-electron chi connectivity index (χ4n) is 3.62. The highest BCUT2D eigenvalue weighted by molar-refractivity contribution is 5.75. The van der Waals surface area contributed by atoms with E-state index in [9.17, 15) is 9.90 Å². The summed E-state index contributed by atoms with van der Waals surface area (Å²) in [5.41, 5.74) is 3.20. The number of aromatic nitrogens is 2. The summed E-state index contributed by atoms with van der Waals surface area (Å²) in [7, 11) is 1.93. The summed E-state index contributed by atoms with van der Waals surface area (Å²) in [6, 6.07) is 0.118. The second-order valence-electron chi connectivity index (χ2n) is 6.47. The second kappa shape index (κ2) is 7.81. The molecule has 1 aliphatic heterocycles. The van der Waals surface area contributed by atoms with Gasteiger partial charge in [0.15, 0.2) is 0 Å². The molecular weight excluding hydrogens is 292 g/mol. The Balaban J connectivity index is 2.12. The summed E-state index contributed by atoms with van der Waals surface area (Å²) < 4.78 is 1.87. The van der Waals surface area contributed by atoms with Crippen molar-refractivity contribution in [3.63, 3.8) is 0 Å². The average Bonchev–Trinajstić information content (AvgIpc) is 2.79. The van der Waals surface area contributed by atoms with Crippen molar-refractivity contribution in [2.24, 2.45) is 7.05 Å². The van der Waals surface area contributed by atoms with Crippen LogP contribution in [-0.2, 0) is 7.05 Å². The fraction of sp³-hybridized carbons (Fsp3) is 0.765. The molecule has 0 radical (unpaired) electrons. The van der Waals surface area contributed by atoms with Crippen molar-refractivity contribution in [3.8, 4) is 0 Å². The van der Waals surface area contributed by atoms with Crippen LogP contribution in [0.3, 0.4) is 0 Å². The number of nitrogens with one attached hydrogen (secondary N) is 1. The number of aliphatic hydroxyl groups is 1. The van der Waals surface area contributed by atoms with E-state index in [2.05, 4.69) is 17.3 Å². The molecule has 23 heavy (non-hydrogen) atoms. The SMILES string of the molecule is CCC(NC(=O)N1CCCCC1CCO)c1c(C)nn(C)c1C. The minimum Gasteiger partial charge on any atom is -0.396 e. The smallest absolute Gasteiger partial charge is 0.318 e. The number of nitrogens with zero attached hydrogens (tertiary/aromatic N) is 3. The number of rotatable bonds is 5. The summed E-state index contributed by atoms with van der Waals surface area (Å²) in [6.45, 7) is 7.02. The zero-order valence-corrected chi connectivity index (χ0v) is 14.8. The van der Waals surface area contributed by atoms with Gasteiger partial charge in [-0.05, 0) is 46.0 Å². The number of aryl methyl sites for hydroxylation is 2. The maximum Gasteiger partial charge on any atom is 0.318 e. The van der Waals surface area contributed by atoms with Gasteiger partial charge < -0.3 is 15.3 Å². The van der Waals surface area contributed by atoms with E-state index in [1.165, 1.54) is 0 Å². The first kappa shape index (κ1) is 17.8. The van der Waals surface area contributed by atoms with Crippen LogP contribution in [0.25, 0.3) is 0 Å². The number of carbonyl (C=O) groups is 1. The monoisotopic (exact) mass is 322 g/mol. The standard InChI is InChI=1S/C17H30N4O2/c1-5-15(16-12(2)19-20(4)13(16)3)18-17(23)21-10-7-6-8-14(21)9-11-22/h14-15,22H,5-11H2,1-4H3,(H,18,23). The van der Waals surface area contributed by atoms with Crippen LogP contribution in [-0.4, -0.2) is 45.0 Å². The fourth-order valence-corrected chi connectivity index (χ4v) is 3.62. The van der Waals surface area contributed by atoms with Gasteiger partial charge in [-0.3, -0.25) is 4.68 Å². The normalized spacial score (nSPS) is 19.7. The molecule has 2 N–H and O–H groups in total. The van der Waals surface area contributed by atoms with E-state index < -0.39 is 0 Å². The lowest BCUT2D eigenvalue weighted by Crippen LogP contribution is -2.49. The zero-order chi connectivity index (χ0) is 17.0. The predicted molar refractivity (Wildman–Crippen MR) is 90.3 cm³/mol. The first-order valence-corrected chi connectivity index (χ1v) is 8.67. The lowest BCUT2D eigenvalue weighted by Gasteiger charge is -2.36. The van der Waals surface area contributed by atoms with Crippen LogP contribution in [0.4, 0.5) is 4.79 Å². The van der Waals surface area contributed by atoms with E-state index in [1.54, 1.807) is 0 Å². The highest BCUT2D eigenvalue weighted by Gasteiger charge is 2.29. The van der Waals surface area contributed by atoms with E-state index in [0.29, 0.717) is 6.42 Å². The number of piperidine rings is 1. The topological polar surface area (TPSA) is 70.4 Å². The van der Waals surface area contributed by atoms with E-state index in [4.69, 9.17) is 0 Å². The molecule has 0 saturated carbocycles. The highest BCUT2D eigenvalue weighted by Crippen LogP contribution is 2.25. The third-order valence-corrected chi connectivity index (χ3v) is 4.97. The zero-order valence-electron chi connectivity index (χ0n) is 14.8. The number of carbonyl (C=O) groups excluding carboxylic acids is 1. The average molecular weight is 322 g/mol. The van der Waals surface area contributed by atoms with Gasteiger partial charge in [-0.2, -0.15) is 5.10 Å². The van der Waals surface area contributed by atoms with Crippen LogP contribution >= 0.6 is 0 Å². The Hall–Kier alpha value is -1.56. The van der Waals surface area contributed by atoms with Crippen molar-refractivity contribution >= 4 is 6.03 Å². The lowest BCUT2D eigenvalue weighted by atomic mass is 9.99. The van der Waals surface area contributed by atoms with Crippen LogP contribution in [0, 0.1) is 13.8 Å². The van der Waals surface area contributed by atoms with Crippen molar-refractivity contribution < 1.29 is 9.90 Å². The molecule has 0 aliphatic carbocycles. The second-order valence-corrected chi connectivity index (χ2v) is 6.47. The van der Waals surface area contributed by atoms with Gasteiger partial charge in [-0.25, -0.2) is 4.79 Å². The Morgan fingerprint density at radius 1 is 1.43 bits per heavy atom. The molecule has 2 atom stereocenters. The quantitative estimate of drug-likeness (QED) is 0.874. The number of aliphatic hydroxyl groups excluding tert-OH is 1. The summed E-state index contributed by atoms with van der Waals surface area (Å²) >= 11 is 0. The summed E-state index contributed by atoms with van der Waals surface area (Å²) in [4.78, 5) is 14.7. The molecule has 1 saturated heterocycles. The van der Waals surface area contributed by atoms with Crippen LogP contribution in [0.1, 0.15) is 62.0 Å². The Kier molecular flexibility index (Phi) is 6.04. The number of amides is 2. The number of hydrogen-bond donors (Lipinski definition) is 2. The number of likely N-dealkylation sites (tertiary alicyclic amines) is 1. The Morgan fingerprint density at radius 3 is 2.74 bits per heavy atom. The molecule has 2 rings (SSSR count). The summed E-state index contributed by atoms with van der Waals surface area (Å²) in [5.74, 6) is 0. The molecule has 6 nitrogen and oxygen atoms in total. The number of urea groups is 1. The molecule has 1 aliphatic rings. The molecule has 0 bridgehead atoms. The molecule has 130 valence electrons. The van der Waals surface area contributed by atoms with Crippen LogP contribution in [0.5, 0.6) is 0 Å². The van der Waals surface area contributed by atoms with Crippen LogP contribution in [0.2, 0.25) is 0 Å². The molecule has 1 aromatic rings. The first-order valence-electron chi connectivity index (χ1n) is 8.67. The Labute approximate surface area is 138 Å². The van der Waals surface area contributed by atoms with E-state index in [0.717, 1.165) is 49.2 Å². The van der Waals surface area contributed by atoms with Crippen molar-refractivity contribution in [2.75, 3.05) is 13.2 Å². The van der Waals surface area contributed by atoms with Gasteiger partial charge in [0.05, 0.1) is 11.7 Å². The third-order valence-electron chi connectivity index (χ3n) is 4.97. The maximum absolute atomic E-state index is 12.8. The van der Waals surface area contributed by atoms with Crippen molar-refractivity contribution in [3.05, 3.63) is 17.0 Å². The van der Waals surface area contributed by atoms with Gasteiger partial charge >= 0.3 is 6.03 Å². The molecule has 6 heteroatoms. The predicted octanol–water partition coefficient (Wildman–Crippen LogP) is 2.43. The van der Waals surface area contributed by atoms with Gasteiger partial charge in [0.1, 0.15) is 0 Å². The van der Waals surface area contributed by atoms with E-state index in [-0.39, 0.29) is 24.7 Å². The summed E-state index contributed by atoms with van der Waals surface area (Å²) in [5, 5.41) is 16.9. The van der Waals surface area contributed by atoms with Crippen molar-refractivity contribution in [1.82, 2.24) is 20.0 Å². The van der Waals surface area contributed by atoms with Gasteiger partial charge in [-0.1, -0.05) is 6.92 Å². The van der Waals surface area contributed by atoms with Gasteiger partial charge in [0, 0.05) is 37.5 Å². The van der Waals surface area contributed by atoms with Gasteiger partial charge in [-0.15, -0.1) is 0 Å². The van der Waals surface area contributed by atoms with E-state index in [1.807, 2.05) is 30.5 Å². The number of hydrogen-bond acceptors (Lipinski definition) is 3. The highest BCUT2D eigenvalue weighted by atomic mass is 16.3. The van der Waals surface area contributed by atoms with Gasteiger partial charge in [0.2, 0.25) is 0 Å². The van der Waals surface area contributed by atoms with Crippen molar-refractivity contribution in [2.45, 2.75) is 65.0 Å². The molecule has 0 aromatic carbocycles. The van der Waals surface area contributed by atoms with Crippen molar-refractivity contribution in [1.29, 1.82) is 0 Å². The van der Waals surface area contributed by atoms with Gasteiger partial charge in [0.25, 0.3) is 0 Å². The Morgan fingerprint density at radius 2 is 2.17 bits per heavy atom.